The number of ether oxygens (including phenoxy) is 2. The smallest absolute Gasteiger partial charge is 0.146 e. The molecule has 1 aliphatic carbocycles. The number of methoxy groups -OCH3 is 1. The molecular formula is C12H22O3. The average Bonchev–Trinajstić information content (AvgIpc) is 2.18. The second-order valence-corrected chi connectivity index (χ2v) is 4.68. The van der Waals surface area contributed by atoms with Gasteiger partial charge in [-0.15, -0.1) is 0 Å². The molecule has 0 aromatic heterocycles. The van der Waals surface area contributed by atoms with E-state index in [0.717, 1.165) is 19.3 Å². The second kappa shape index (κ2) is 6.23. The van der Waals surface area contributed by atoms with Crippen LogP contribution in [0.3, 0.4) is 0 Å². The lowest BCUT2D eigenvalue weighted by Crippen LogP contribution is -2.33. The molecule has 0 spiro atoms. The topological polar surface area (TPSA) is 35.5 Å². The van der Waals surface area contributed by atoms with Crippen molar-refractivity contribution in [3.8, 4) is 0 Å². The summed E-state index contributed by atoms with van der Waals surface area (Å²) in [4.78, 5) is 11.4. The summed E-state index contributed by atoms with van der Waals surface area (Å²) in [5.74, 6) is 1.22. The Morgan fingerprint density at radius 1 is 1.47 bits per heavy atom. The van der Waals surface area contributed by atoms with Crippen LogP contribution in [-0.2, 0) is 14.3 Å². The van der Waals surface area contributed by atoms with Crippen molar-refractivity contribution >= 4 is 5.78 Å². The van der Waals surface area contributed by atoms with E-state index >= 15 is 0 Å². The lowest BCUT2D eigenvalue weighted by molar-refractivity contribution is -0.132. The number of hydrogen-bond acceptors (Lipinski definition) is 3. The van der Waals surface area contributed by atoms with Crippen molar-refractivity contribution in [2.45, 2.75) is 45.6 Å². The Bertz CT molecular complexity index is 201. The number of rotatable bonds is 5. The van der Waals surface area contributed by atoms with Crippen LogP contribution in [0.4, 0.5) is 0 Å². The third kappa shape index (κ3) is 3.92. The van der Waals surface area contributed by atoms with Crippen molar-refractivity contribution in [1.29, 1.82) is 0 Å². The molecule has 0 aromatic rings. The molecule has 0 aliphatic heterocycles. The first-order valence-corrected chi connectivity index (χ1v) is 5.77. The van der Waals surface area contributed by atoms with Crippen molar-refractivity contribution in [3.63, 3.8) is 0 Å². The van der Waals surface area contributed by atoms with E-state index in [1.54, 1.807) is 7.11 Å². The highest BCUT2D eigenvalue weighted by Crippen LogP contribution is 2.29. The van der Waals surface area contributed by atoms with Crippen LogP contribution >= 0.6 is 0 Å². The van der Waals surface area contributed by atoms with Gasteiger partial charge >= 0.3 is 0 Å². The van der Waals surface area contributed by atoms with Gasteiger partial charge in [0.15, 0.2) is 0 Å². The monoisotopic (exact) mass is 214 g/mol. The lowest BCUT2D eigenvalue weighted by Gasteiger charge is -2.32. The Morgan fingerprint density at radius 3 is 2.73 bits per heavy atom. The van der Waals surface area contributed by atoms with Gasteiger partial charge < -0.3 is 9.47 Å². The van der Waals surface area contributed by atoms with Crippen LogP contribution in [0.15, 0.2) is 0 Å². The molecule has 2 unspecified atom stereocenters. The molecule has 0 N–H and O–H groups in total. The van der Waals surface area contributed by atoms with E-state index in [1.807, 2.05) is 0 Å². The lowest BCUT2D eigenvalue weighted by atomic mass is 9.81. The molecule has 1 saturated carbocycles. The molecule has 0 heterocycles. The van der Waals surface area contributed by atoms with Crippen molar-refractivity contribution in [2.24, 2.45) is 11.8 Å². The summed E-state index contributed by atoms with van der Waals surface area (Å²) in [6.45, 7) is 4.60. The van der Waals surface area contributed by atoms with E-state index in [9.17, 15) is 4.79 Å². The van der Waals surface area contributed by atoms with Crippen molar-refractivity contribution in [2.75, 3.05) is 13.9 Å². The minimum atomic E-state index is 0.161. The standard InChI is InChI=1S/C12H22O3/c1-9(2)12(15-8-14-3)10-5-4-6-11(13)7-10/h9-10,12H,4-8H2,1-3H3. The summed E-state index contributed by atoms with van der Waals surface area (Å²) in [7, 11) is 1.63. The molecule has 88 valence electrons. The van der Waals surface area contributed by atoms with Gasteiger partial charge in [0.1, 0.15) is 12.6 Å². The van der Waals surface area contributed by atoms with Crippen LogP contribution in [0.5, 0.6) is 0 Å². The number of ketones is 1. The summed E-state index contributed by atoms with van der Waals surface area (Å²) < 4.78 is 10.6. The molecule has 0 saturated heterocycles. The predicted octanol–water partition coefficient (Wildman–Crippen LogP) is 2.39. The molecule has 1 rings (SSSR count). The van der Waals surface area contributed by atoms with E-state index in [-0.39, 0.29) is 6.10 Å². The first-order chi connectivity index (χ1) is 7.15. The van der Waals surface area contributed by atoms with E-state index in [4.69, 9.17) is 9.47 Å². The predicted molar refractivity (Wildman–Crippen MR) is 58.6 cm³/mol. The number of carbonyl (C=O) groups is 1. The van der Waals surface area contributed by atoms with Gasteiger partial charge in [-0.25, -0.2) is 0 Å². The van der Waals surface area contributed by atoms with Gasteiger partial charge in [-0.3, -0.25) is 4.79 Å². The summed E-state index contributed by atoms with van der Waals surface area (Å²) in [6.07, 6.45) is 3.73. The van der Waals surface area contributed by atoms with E-state index in [2.05, 4.69) is 13.8 Å². The van der Waals surface area contributed by atoms with Crippen LogP contribution in [0.1, 0.15) is 39.5 Å². The summed E-state index contributed by atoms with van der Waals surface area (Å²) in [5.41, 5.74) is 0. The minimum Gasteiger partial charge on any atom is -0.359 e. The van der Waals surface area contributed by atoms with Crippen LogP contribution in [0.2, 0.25) is 0 Å². The number of hydrogen-bond donors (Lipinski definition) is 0. The fourth-order valence-corrected chi connectivity index (χ4v) is 2.36. The van der Waals surface area contributed by atoms with Crippen LogP contribution in [-0.4, -0.2) is 25.8 Å². The van der Waals surface area contributed by atoms with Crippen LogP contribution in [0, 0.1) is 11.8 Å². The minimum absolute atomic E-state index is 0.161. The van der Waals surface area contributed by atoms with Crippen LogP contribution < -0.4 is 0 Å². The maximum Gasteiger partial charge on any atom is 0.146 e. The molecule has 1 fully saturated rings. The molecule has 15 heavy (non-hydrogen) atoms. The SMILES string of the molecule is COCOC(C(C)C)C1CCCC(=O)C1. The van der Waals surface area contributed by atoms with Gasteiger partial charge in [0.2, 0.25) is 0 Å². The van der Waals surface area contributed by atoms with Crippen molar-refractivity contribution in [1.82, 2.24) is 0 Å². The Labute approximate surface area is 92.1 Å². The first-order valence-electron chi connectivity index (χ1n) is 5.77. The van der Waals surface area contributed by atoms with E-state index in [0.29, 0.717) is 30.8 Å². The maximum absolute atomic E-state index is 11.4. The van der Waals surface area contributed by atoms with E-state index < -0.39 is 0 Å². The zero-order valence-corrected chi connectivity index (χ0v) is 9.99. The fourth-order valence-electron chi connectivity index (χ4n) is 2.36. The van der Waals surface area contributed by atoms with E-state index in [1.165, 1.54) is 0 Å². The molecule has 0 amide bonds. The number of Topliss-reactive ketones (excluding diaryl/α,β-unsaturated/α-hetero) is 1. The highest BCUT2D eigenvalue weighted by molar-refractivity contribution is 5.79. The maximum atomic E-state index is 11.4. The normalized spacial score (nSPS) is 24.5. The highest BCUT2D eigenvalue weighted by atomic mass is 16.7. The molecule has 0 radical (unpaired) electrons. The molecule has 3 heteroatoms. The molecule has 1 aliphatic rings. The van der Waals surface area contributed by atoms with Crippen molar-refractivity contribution < 1.29 is 14.3 Å². The molecule has 2 atom stereocenters. The summed E-state index contributed by atoms with van der Waals surface area (Å²) in [5, 5.41) is 0. The van der Waals surface area contributed by atoms with Crippen molar-refractivity contribution in [3.05, 3.63) is 0 Å². The number of carbonyl (C=O) groups excluding carboxylic acids is 1. The Kier molecular flexibility index (Phi) is 5.26. The fraction of sp³-hybridized carbons (Fsp3) is 0.917. The third-order valence-electron chi connectivity index (χ3n) is 3.02. The third-order valence-corrected chi connectivity index (χ3v) is 3.02. The molecule has 0 aromatic carbocycles. The Balaban J connectivity index is 2.49. The Hall–Kier alpha value is -0.410. The summed E-state index contributed by atoms with van der Waals surface area (Å²) in [6, 6.07) is 0. The zero-order valence-electron chi connectivity index (χ0n) is 9.99. The van der Waals surface area contributed by atoms with Gasteiger partial charge in [-0.1, -0.05) is 13.8 Å². The van der Waals surface area contributed by atoms with Gasteiger partial charge in [0, 0.05) is 20.0 Å². The molecule has 3 nitrogen and oxygen atoms in total. The molecule has 0 bridgehead atoms. The van der Waals surface area contributed by atoms with Gasteiger partial charge in [-0.05, 0) is 24.7 Å². The quantitative estimate of drug-likeness (QED) is 0.659. The summed E-state index contributed by atoms with van der Waals surface area (Å²) >= 11 is 0. The molecular weight excluding hydrogens is 192 g/mol. The second-order valence-electron chi connectivity index (χ2n) is 4.68. The van der Waals surface area contributed by atoms with Crippen LogP contribution in [0.25, 0.3) is 0 Å². The first kappa shape index (κ1) is 12.7. The van der Waals surface area contributed by atoms with Gasteiger partial charge in [0.25, 0.3) is 0 Å². The zero-order chi connectivity index (χ0) is 11.3. The highest BCUT2D eigenvalue weighted by Gasteiger charge is 2.29. The van der Waals surface area contributed by atoms with Gasteiger partial charge in [0.05, 0.1) is 6.10 Å². The van der Waals surface area contributed by atoms with Gasteiger partial charge in [-0.2, -0.15) is 0 Å². The largest absolute Gasteiger partial charge is 0.359 e. The average molecular weight is 214 g/mol. The Morgan fingerprint density at radius 2 is 2.20 bits per heavy atom.